The van der Waals surface area contributed by atoms with Crippen LogP contribution in [0.2, 0.25) is 0 Å². The Labute approximate surface area is 131 Å². The molecule has 1 aliphatic heterocycles. The van der Waals surface area contributed by atoms with E-state index in [-0.39, 0.29) is 0 Å². The quantitative estimate of drug-likeness (QED) is 0.711. The van der Waals surface area contributed by atoms with Crippen LogP contribution in [-0.2, 0) is 0 Å². The van der Waals surface area contributed by atoms with E-state index in [1.165, 1.54) is 11.5 Å². The molecular formula is C13H16N8S. The number of rotatable bonds is 3. The Morgan fingerprint density at radius 2 is 2.05 bits per heavy atom. The molecule has 3 aromatic rings. The Balaban J connectivity index is 1.48. The van der Waals surface area contributed by atoms with Gasteiger partial charge in [0.2, 0.25) is 5.13 Å². The lowest BCUT2D eigenvalue weighted by Crippen LogP contribution is -2.59. The summed E-state index contributed by atoms with van der Waals surface area (Å²) in [6, 6.07) is 4.38. The number of aryl methyl sites for hydroxylation is 2. The summed E-state index contributed by atoms with van der Waals surface area (Å²) in [7, 11) is 2.07. The highest BCUT2D eigenvalue weighted by atomic mass is 32.1. The first-order valence-corrected chi connectivity index (χ1v) is 7.86. The van der Waals surface area contributed by atoms with Gasteiger partial charge in [-0.05, 0) is 26.0 Å². The van der Waals surface area contributed by atoms with E-state index in [0.29, 0.717) is 6.04 Å². The van der Waals surface area contributed by atoms with Gasteiger partial charge in [0.1, 0.15) is 11.6 Å². The molecule has 0 atom stereocenters. The maximum absolute atomic E-state index is 4.60. The zero-order valence-corrected chi connectivity index (χ0v) is 13.4. The van der Waals surface area contributed by atoms with Crippen LogP contribution in [0.3, 0.4) is 0 Å². The van der Waals surface area contributed by atoms with Gasteiger partial charge in [-0.2, -0.15) is 8.89 Å². The molecule has 3 aromatic heterocycles. The van der Waals surface area contributed by atoms with Crippen molar-refractivity contribution in [1.82, 2.24) is 29.2 Å². The molecule has 1 saturated heterocycles. The van der Waals surface area contributed by atoms with Crippen LogP contribution in [0.4, 0.5) is 10.9 Å². The molecule has 0 spiro atoms. The van der Waals surface area contributed by atoms with Crippen LogP contribution < -0.4 is 9.80 Å². The number of fused-ring (bicyclic) bond motifs is 1. The maximum Gasteiger partial charge on any atom is 0.205 e. The van der Waals surface area contributed by atoms with Gasteiger partial charge in [-0.3, -0.25) is 0 Å². The van der Waals surface area contributed by atoms with E-state index < -0.39 is 0 Å². The molecule has 114 valence electrons. The standard InChI is InChI=1S/C13H16N8S/c1-8-14-13(22-18-8)19(3)10-6-20(7-10)12-5-4-11-16-15-9(2)21(11)17-12/h4-5,10H,6-7H2,1-3H3. The average Bonchev–Trinajstić information content (AvgIpc) is 3.04. The summed E-state index contributed by atoms with van der Waals surface area (Å²) >= 11 is 1.45. The first-order valence-electron chi connectivity index (χ1n) is 7.09. The third-order valence-electron chi connectivity index (χ3n) is 3.96. The summed E-state index contributed by atoms with van der Waals surface area (Å²) in [6.07, 6.45) is 0. The van der Waals surface area contributed by atoms with Crippen LogP contribution in [0.1, 0.15) is 11.6 Å². The predicted molar refractivity (Wildman–Crippen MR) is 84.6 cm³/mol. The van der Waals surface area contributed by atoms with E-state index >= 15 is 0 Å². The minimum Gasteiger partial charge on any atom is -0.351 e. The summed E-state index contributed by atoms with van der Waals surface area (Å²) in [5, 5.41) is 13.7. The highest BCUT2D eigenvalue weighted by Gasteiger charge is 2.32. The zero-order valence-electron chi connectivity index (χ0n) is 12.6. The molecule has 4 rings (SSSR count). The third kappa shape index (κ3) is 2.08. The van der Waals surface area contributed by atoms with Gasteiger partial charge >= 0.3 is 0 Å². The Morgan fingerprint density at radius 1 is 1.23 bits per heavy atom. The van der Waals surface area contributed by atoms with Crippen LogP contribution in [0.25, 0.3) is 5.65 Å². The van der Waals surface area contributed by atoms with Gasteiger partial charge in [0, 0.05) is 31.7 Å². The summed E-state index contributed by atoms with van der Waals surface area (Å²) < 4.78 is 6.02. The summed E-state index contributed by atoms with van der Waals surface area (Å²) in [5.74, 6) is 2.59. The highest BCUT2D eigenvalue weighted by molar-refractivity contribution is 7.09. The number of hydrogen-bond acceptors (Lipinski definition) is 8. The molecular weight excluding hydrogens is 300 g/mol. The van der Waals surface area contributed by atoms with E-state index in [1.54, 1.807) is 4.52 Å². The smallest absolute Gasteiger partial charge is 0.205 e. The Kier molecular flexibility index (Phi) is 2.96. The largest absolute Gasteiger partial charge is 0.351 e. The van der Waals surface area contributed by atoms with Gasteiger partial charge < -0.3 is 9.80 Å². The van der Waals surface area contributed by atoms with Crippen molar-refractivity contribution in [1.29, 1.82) is 0 Å². The average molecular weight is 316 g/mol. The molecule has 8 nitrogen and oxygen atoms in total. The summed E-state index contributed by atoms with van der Waals surface area (Å²) in [5.41, 5.74) is 0.778. The van der Waals surface area contributed by atoms with Gasteiger partial charge in [-0.1, -0.05) is 0 Å². The number of nitrogens with zero attached hydrogens (tertiary/aromatic N) is 8. The fraction of sp³-hybridized carbons (Fsp3) is 0.462. The predicted octanol–water partition coefficient (Wildman–Crippen LogP) is 0.918. The monoisotopic (exact) mass is 316 g/mol. The molecule has 1 aliphatic rings. The van der Waals surface area contributed by atoms with Crippen LogP contribution >= 0.6 is 11.5 Å². The first-order chi connectivity index (χ1) is 10.6. The van der Waals surface area contributed by atoms with E-state index in [1.807, 2.05) is 26.0 Å². The molecule has 0 N–H and O–H groups in total. The topological polar surface area (TPSA) is 75.3 Å². The van der Waals surface area contributed by atoms with Gasteiger partial charge in [-0.15, -0.1) is 15.3 Å². The van der Waals surface area contributed by atoms with Gasteiger partial charge in [0.15, 0.2) is 11.5 Å². The van der Waals surface area contributed by atoms with Crippen molar-refractivity contribution >= 4 is 28.1 Å². The molecule has 0 aromatic carbocycles. The van der Waals surface area contributed by atoms with Gasteiger partial charge in [0.25, 0.3) is 0 Å². The number of anilines is 2. The first kappa shape index (κ1) is 13.4. The maximum atomic E-state index is 4.60. The fourth-order valence-corrected chi connectivity index (χ4v) is 3.23. The lowest BCUT2D eigenvalue weighted by atomic mass is 10.1. The van der Waals surface area contributed by atoms with Crippen molar-refractivity contribution in [2.75, 3.05) is 29.9 Å². The van der Waals surface area contributed by atoms with E-state index in [9.17, 15) is 0 Å². The molecule has 22 heavy (non-hydrogen) atoms. The molecule has 0 bridgehead atoms. The van der Waals surface area contributed by atoms with Crippen molar-refractivity contribution < 1.29 is 0 Å². The lowest BCUT2D eigenvalue weighted by molar-refractivity contribution is 0.489. The Hall–Kier alpha value is -2.29. The van der Waals surface area contributed by atoms with Crippen LogP contribution in [0, 0.1) is 13.8 Å². The van der Waals surface area contributed by atoms with Crippen molar-refractivity contribution in [3.63, 3.8) is 0 Å². The molecule has 0 unspecified atom stereocenters. The molecule has 0 radical (unpaired) electrons. The SMILES string of the molecule is Cc1nsc(N(C)C2CN(c3ccc4nnc(C)n4n3)C2)n1. The third-order valence-corrected chi connectivity index (χ3v) is 4.86. The Morgan fingerprint density at radius 3 is 2.77 bits per heavy atom. The second kappa shape index (κ2) is 4.87. The zero-order chi connectivity index (χ0) is 15.3. The van der Waals surface area contributed by atoms with Crippen molar-refractivity contribution in [2.45, 2.75) is 19.9 Å². The van der Waals surface area contributed by atoms with Gasteiger partial charge in [0.05, 0.1) is 6.04 Å². The molecule has 9 heteroatoms. The van der Waals surface area contributed by atoms with Crippen LogP contribution in [0.15, 0.2) is 12.1 Å². The minimum atomic E-state index is 0.437. The normalized spacial score (nSPS) is 15.3. The second-order valence-electron chi connectivity index (χ2n) is 5.50. The minimum absolute atomic E-state index is 0.437. The molecule has 4 heterocycles. The van der Waals surface area contributed by atoms with E-state index in [0.717, 1.165) is 41.3 Å². The molecule has 0 aliphatic carbocycles. The van der Waals surface area contributed by atoms with Crippen molar-refractivity contribution in [3.8, 4) is 0 Å². The number of aromatic nitrogens is 6. The number of hydrogen-bond donors (Lipinski definition) is 0. The molecule has 0 saturated carbocycles. The van der Waals surface area contributed by atoms with Crippen LogP contribution in [0.5, 0.6) is 0 Å². The lowest BCUT2D eigenvalue weighted by Gasteiger charge is -2.44. The fourth-order valence-electron chi connectivity index (χ4n) is 2.53. The molecule has 0 amide bonds. The van der Waals surface area contributed by atoms with Crippen LogP contribution in [-0.4, -0.2) is 55.3 Å². The summed E-state index contributed by atoms with van der Waals surface area (Å²) in [6.45, 7) is 5.67. The van der Waals surface area contributed by atoms with Crippen molar-refractivity contribution in [2.24, 2.45) is 0 Å². The Bertz CT molecular complexity index is 818. The van der Waals surface area contributed by atoms with Crippen molar-refractivity contribution in [3.05, 3.63) is 23.8 Å². The summed E-state index contributed by atoms with van der Waals surface area (Å²) in [4.78, 5) is 8.88. The van der Waals surface area contributed by atoms with E-state index in [4.69, 9.17) is 0 Å². The second-order valence-corrected chi connectivity index (χ2v) is 6.23. The highest BCUT2D eigenvalue weighted by Crippen LogP contribution is 2.26. The van der Waals surface area contributed by atoms with E-state index in [2.05, 4.69) is 41.5 Å². The molecule has 1 fully saturated rings. The van der Waals surface area contributed by atoms with Gasteiger partial charge in [-0.25, -0.2) is 4.98 Å². The number of likely N-dealkylation sites (N-methyl/N-ethyl adjacent to an activating group) is 1.